The van der Waals surface area contributed by atoms with Crippen molar-refractivity contribution in [3.05, 3.63) is 56.5 Å². The van der Waals surface area contributed by atoms with Gasteiger partial charge in [-0.2, -0.15) is 0 Å². The summed E-state index contributed by atoms with van der Waals surface area (Å²) in [7, 11) is -3.84. The van der Waals surface area contributed by atoms with Crippen molar-refractivity contribution in [2.75, 3.05) is 4.72 Å². The predicted octanol–water partition coefficient (Wildman–Crippen LogP) is 5.10. The number of hydrogen-bond acceptors (Lipinski definition) is 2. The van der Waals surface area contributed by atoms with E-state index in [0.29, 0.717) is 5.02 Å². The summed E-state index contributed by atoms with van der Waals surface area (Å²) in [6.45, 7) is 0. The number of benzene rings is 2. The number of sulfonamides is 1. The van der Waals surface area contributed by atoms with Crippen molar-refractivity contribution in [1.29, 1.82) is 0 Å². The molecule has 0 fully saturated rings. The van der Waals surface area contributed by atoms with Crippen LogP contribution in [0, 0.1) is 0 Å². The lowest BCUT2D eigenvalue weighted by molar-refractivity contribution is 0.601. The fraction of sp³-hybridized carbons (Fsp3) is 0. The maximum Gasteiger partial charge on any atom is 0.262 e. The minimum absolute atomic E-state index is 0.0546. The van der Waals surface area contributed by atoms with E-state index < -0.39 is 10.0 Å². The minimum Gasteiger partial charge on any atom is -0.278 e. The van der Waals surface area contributed by atoms with Gasteiger partial charge in [0.2, 0.25) is 0 Å². The molecule has 0 spiro atoms. The van der Waals surface area contributed by atoms with Gasteiger partial charge in [-0.15, -0.1) is 0 Å². The highest BCUT2D eigenvalue weighted by molar-refractivity contribution is 7.92. The summed E-state index contributed by atoms with van der Waals surface area (Å²) in [5.74, 6) is 0. The molecule has 0 aliphatic rings. The monoisotopic (exact) mass is 369 g/mol. The summed E-state index contributed by atoms with van der Waals surface area (Å²) in [4.78, 5) is -0.0546. The van der Waals surface area contributed by atoms with Gasteiger partial charge in [-0.05, 0) is 36.4 Å². The average molecular weight is 371 g/mol. The maximum atomic E-state index is 12.2. The highest BCUT2D eigenvalue weighted by Crippen LogP contribution is 2.29. The number of halogens is 4. The second-order valence-corrected chi connectivity index (χ2v) is 7.23. The Labute approximate surface area is 136 Å². The molecule has 0 heterocycles. The van der Waals surface area contributed by atoms with Gasteiger partial charge in [-0.3, -0.25) is 4.72 Å². The molecule has 2 aromatic rings. The Morgan fingerprint density at radius 1 is 0.800 bits per heavy atom. The molecular formula is C12H7Cl4NO2S. The van der Waals surface area contributed by atoms with Crippen molar-refractivity contribution in [3.8, 4) is 0 Å². The molecule has 0 aliphatic heterocycles. The standard InChI is InChI=1S/C12H7Cl4NO2S/c13-7-1-2-12(11(16)6-7)17-20(18,19)10-4-8(14)3-9(15)5-10/h1-6,17H. The van der Waals surface area contributed by atoms with Crippen molar-refractivity contribution in [2.45, 2.75) is 4.90 Å². The van der Waals surface area contributed by atoms with Crippen molar-refractivity contribution in [2.24, 2.45) is 0 Å². The van der Waals surface area contributed by atoms with Crippen molar-refractivity contribution < 1.29 is 8.42 Å². The lowest BCUT2D eigenvalue weighted by Gasteiger charge is -2.10. The fourth-order valence-electron chi connectivity index (χ4n) is 1.46. The highest BCUT2D eigenvalue weighted by atomic mass is 35.5. The quantitative estimate of drug-likeness (QED) is 0.816. The first-order valence-electron chi connectivity index (χ1n) is 5.22. The van der Waals surface area contributed by atoms with Gasteiger partial charge in [0.15, 0.2) is 0 Å². The third-order valence-electron chi connectivity index (χ3n) is 2.32. The number of hydrogen-bond donors (Lipinski definition) is 1. The van der Waals surface area contributed by atoms with E-state index in [0.717, 1.165) is 0 Å². The van der Waals surface area contributed by atoms with E-state index in [1.807, 2.05) is 0 Å². The summed E-state index contributed by atoms with van der Waals surface area (Å²) in [5, 5.41) is 1.04. The second kappa shape index (κ2) is 6.00. The molecule has 8 heteroatoms. The SMILES string of the molecule is O=S(=O)(Nc1ccc(Cl)cc1Cl)c1cc(Cl)cc(Cl)c1. The molecule has 0 amide bonds. The van der Waals surface area contributed by atoms with Crippen LogP contribution < -0.4 is 4.72 Å². The zero-order chi connectivity index (χ0) is 14.9. The molecule has 0 unspecified atom stereocenters. The molecule has 2 rings (SSSR count). The van der Waals surface area contributed by atoms with Crippen LogP contribution in [0.4, 0.5) is 5.69 Å². The molecule has 0 aromatic heterocycles. The third kappa shape index (κ3) is 3.71. The molecule has 20 heavy (non-hydrogen) atoms. The van der Waals surface area contributed by atoms with E-state index in [2.05, 4.69) is 4.72 Å². The van der Waals surface area contributed by atoms with Gasteiger partial charge >= 0.3 is 0 Å². The van der Waals surface area contributed by atoms with E-state index in [9.17, 15) is 8.42 Å². The van der Waals surface area contributed by atoms with Gasteiger partial charge in [0, 0.05) is 15.1 Å². The molecule has 2 aromatic carbocycles. The van der Waals surface area contributed by atoms with Crippen LogP contribution in [-0.2, 0) is 10.0 Å². The lowest BCUT2D eigenvalue weighted by atomic mass is 10.3. The summed E-state index contributed by atoms with van der Waals surface area (Å²) in [6.07, 6.45) is 0. The number of nitrogens with one attached hydrogen (secondary N) is 1. The maximum absolute atomic E-state index is 12.2. The first-order chi connectivity index (χ1) is 9.28. The molecule has 0 saturated carbocycles. The Morgan fingerprint density at radius 3 is 1.95 bits per heavy atom. The van der Waals surface area contributed by atoms with E-state index in [-0.39, 0.29) is 25.7 Å². The second-order valence-electron chi connectivity index (χ2n) is 3.83. The molecule has 3 nitrogen and oxygen atoms in total. The minimum atomic E-state index is -3.84. The van der Waals surface area contributed by atoms with Crippen LogP contribution >= 0.6 is 46.4 Å². The van der Waals surface area contributed by atoms with Crippen LogP contribution in [0.25, 0.3) is 0 Å². The molecule has 0 saturated heterocycles. The van der Waals surface area contributed by atoms with Crippen LogP contribution in [0.2, 0.25) is 20.1 Å². The van der Waals surface area contributed by atoms with Crippen LogP contribution in [0.15, 0.2) is 41.3 Å². The Hall–Kier alpha value is -0.650. The third-order valence-corrected chi connectivity index (χ3v) is 4.65. The predicted molar refractivity (Wildman–Crippen MR) is 83.7 cm³/mol. The van der Waals surface area contributed by atoms with Crippen LogP contribution in [-0.4, -0.2) is 8.42 Å². The largest absolute Gasteiger partial charge is 0.278 e. The summed E-state index contributed by atoms with van der Waals surface area (Å²) in [6, 6.07) is 8.45. The molecule has 0 atom stereocenters. The number of rotatable bonds is 3. The van der Waals surface area contributed by atoms with E-state index in [4.69, 9.17) is 46.4 Å². The topological polar surface area (TPSA) is 46.2 Å². The van der Waals surface area contributed by atoms with Crippen LogP contribution in [0.1, 0.15) is 0 Å². The smallest absolute Gasteiger partial charge is 0.262 e. The molecule has 1 N–H and O–H groups in total. The highest BCUT2D eigenvalue weighted by Gasteiger charge is 2.17. The molecule has 0 bridgehead atoms. The van der Waals surface area contributed by atoms with Gasteiger partial charge in [0.25, 0.3) is 10.0 Å². The lowest BCUT2D eigenvalue weighted by Crippen LogP contribution is -2.13. The average Bonchev–Trinajstić information content (AvgIpc) is 2.31. The van der Waals surface area contributed by atoms with Gasteiger partial charge in [-0.25, -0.2) is 8.42 Å². The first-order valence-corrected chi connectivity index (χ1v) is 8.21. The van der Waals surface area contributed by atoms with E-state index in [1.165, 1.54) is 36.4 Å². The van der Waals surface area contributed by atoms with E-state index >= 15 is 0 Å². The summed E-state index contributed by atoms with van der Waals surface area (Å²) < 4.78 is 26.8. The van der Waals surface area contributed by atoms with Gasteiger partial charge < -0.3 is 0 Å². The molecule has 0 aliphatic carbocycles. The van der Waals surface area contributed by atoms with Gasteiger partial charge in [0.1, 0.15) is 0 Å². The Bertz CT molecular complexity index is 742. The fourth-order valence-corrected chi connectivity index (χ4v) is 3.78. The van der Waals surface area contributed by atoms with Crippen LogP contribution in [0.3, 0.4) is 0 Å². The van der Waals surface area contributed by atoms with E-state index in [1.54, 1.807) is 0 Å². The van der Waals surface area contributed by atoms with Crippen molar-refractivity contribution in [1.82, 2.24) is 0 Å². The van der Waals surface area contributed by atoms with Gasteiger partial charge in [-0.1, -0.05) is 46.4 Å². The molecule has 106 valence electrons. The number of anilines is 1. The van der Waals surface area contributed by atoms with Gasteiger partial charge in [0.05, 0.1) is 15.6 Å². The molecular weight excluding hydrogens is 364 g/mol. The first kappa shape index (κ1) is 15.7. The molecule has 0 radical (unpaired) electrons. The van der Waals surface area contributed by atoms with Crippen molar-refractivity contribution in [3.63, 3.8) is 0 Å². The summed E-state index contributed by atoms with van der Waals surface area (Å²) >= 11 is 23.3. The Kier molecular flexibility index (Phi) is 4.72. The Balaban J connectivity index is 2.40. The Morgan fingerprint density at radius 2 is 1.40 bits per heavy atom. The van der Waals surface area contributed by atoms with Crippen molar-refractivity contribution >= 4 is 62.1 Å². The summed E-state index contributed by atoms with van der Waals surface area (Å²) in [5.41, 5.74) is 0.215. The zero-order valence-corrected chi connectivity index (χ0v) is 13.5. The zero-order valence-electron chi connectivity index (χ0n) is 9.70. The normalized spacial score (nSPS) is 11.4. The van der Waals surface area contributed by atoms with Crippen LogP contribution in [0.5, 0.6) is 0 Å².